The number of ether oxygens (including phenoxy) is 1. The second-order valence-corrected chi connectivity index (χ2v) is 8.27. The van der Waals surface area contributed by atoms with Crippen molar-refractivity contribution in [2.24, 2.45) is 0 Å². The Hall–Kier alpha value is -3.19. The molecule has 1 aliphatic heterocycles. The maximum absolute atomic E-state index is 12.8. The van der Waals surface area contributed by atoms with Gasteiger partial charge in [0, 0.05) is 37.6 Å². The maximum Gasteiger partial charge on any atom is 0.254 e. The maximum atomic E-state index is 12.8. The smallest absolute Gasteiger partial charge is 0.254 e. The lowest BCUT2D eigenvalue weighted by Gasteiger charge is -2.35. The molecule has 3 aromatic rings. The number of morpholine rings is 1. The van der Waals surface area contributed by atoms with Gasteiger partial charge < -0.3 is 19.4 Å². The Morgan fingerprint density at radius 1 is 1.13 bits per heavy atom. The summed E-state index contributed by atoms with van der Waals surface area (Å²) in [6.45, 7) is 7.57. The number of hydrogen-bond donors (Lipinski definition) is 1. The number of pyridine rings is 1. The number of carbonyl (C=O) groups excluding carboxylic acids is 2. The topological polar surface area (TPSA) is 75.9 Å². The van der Waals surface area contributed by atoms with E-state index in [0.29, 0.717) is 25.2 Å². The largest absolute Gasteiger partial charge is 0.372 e. The number of imidazole rings is 1. The number of hydrogen-bond acceptors (Lipinski definition) is 4. The fourth-order valence-corrected chi connectivity index (χ4v) is 4.01. The van der Waals surface area contributed by atoms with E-state index in [0.717, 1.165) is 22.5 Å². The lowest BCUT2D eigenvalue weighted by atomic mass is 10.1. The number of nitrogens with zero attached hydrogens (tertiary/aromatic N) is 3. The van der Waals surface area contributed by atoms with E-state index in [1.54, 1.807) is 0 Å². The van der Waals surface area contributed by atoms with Crippen LogP contribution in [0, 0.1) is 6.92 Å². The third-order valence-electron chi connectivity index (χ3n) is 5.47. The molecule has 1 aliphatic rings. The summed E-state index contributed by atoms with van der Waals surface area (Å²) in [6.07, 6.45) is 4.12. The highest BCUT2D eigenvalue weighted by molar-refractivity contribution is 5.94. The number of amides is 2. The van der Waals surface area contributed by atoms with Crippen molar-refractivity contribution in [3.05, 3.63) is 71.2 Å². The zero-order valence-corrected chi connectivity index (χ0v) is 18.2. The molecule has 2 unspecified atom stereocenters. The van der Waals surface area contributed by atoms with Crippen molar-refractivity contribution in [1.29, 1.82) is 0 Å². The summed E-state index contributed by atoms with van der Waals surface area (Å²) < 4.78 is 7.64. The molecule has 2 aromatic heterocycles. The Morgan fingerprint density at radius 2 is 1.84 bits per heavy atom. The minimum absolute atomic E-state index is 0.0136. The Labute approximate surface area is 182 Å². The van der Waals surface area contributed by atoms with Crippen LogP contribution in [0.15, 0.2) is 48.8 Å². The van der Waals surface area contributed by atoms with Crippen LogP contribution in [0.1, 0.15) is 41.0 Å². The van der Waals surface area contributed by atoms with Crippen LogP contribution >= 0.6 is 0 Å². The SMILES string of the molecule is Cc1cccn2cc(CC(=O)NCc3ccc(C(=O)N4CC(C)OC(C)C4)cc3)nc12. The second-order valence-electron chi connectivity index (χ2n) is 8.27. The Balaban J connectivity index is 1.32. The van der Waals surface area contributed by atoms with Crippen LogP contribution in [-0.4, -0.2) is 51.4 Å². The van der Waals surface area contributed by atoms with Gasteiger partial charge in [-0.2, -0.15) is 0 Å². The normalized spacial score (nSPS) is 18.9. The Bertz CT molecular complexity index is 1080. The highest BCUT2D eigenvalue weighted by Crippen LogP contribution is 2.15. The van der Waals surface area contributed by atoms with Crippen LogP contribution in [0.3, 0.4) is 0 Å². The van der Waals surface area contributed by atoms with Crippen LogP contribution in [-0.2, 0) is 22.5 Å². The van der Waals surface area contributed by atoms with Crippen LogP contribution < -0.4 is 5.32 Å². The number of carbonyl (C=O) groups is 2. The van der Waals surface area contributed by atoms with Crippen molar-refractivity contribution in [3.63, 3.8) is 0 Å². The number of nitrogens with one attached hydrogen (secondary N) is 1. The van der Waals surface area contributed by atoms with Crippen molar-refractivity contribution < 1.29 is 14.3 Å². The fourth-order valence-electron chi connectivity index (χ4n) is 4.01. The summed E-state index contributed by atoms with van der Waals surface area (Å²) in [4.78, 5) is 31.5. The van der Waals surface area contributed by atoms with Crippen LogP contribution in [0.4, 0.5) is 0 Å². The van der Waals surface area contributed by atoms with Gasteiger partial charge in [-0.1, -0.05) is 18.2 Å². The van der Waals surface area contributed by atoms with Crippen LogP contribution in [0.2, 0.25) is 0 Å². The lowest BCUT2D eigenvalue weighted by molar-refractivity contribution is -0.120. The third-order valence-corrected chi connectivity index (χ3v) is 5.47. The molecule has 3 heterocycles. The summed E-state index contributed by atoms with van der Waals surface area (Å²) in [5.41, 5.74) is 4.28. The number of benzene rings is 1. The molecule has 0 radical (unpaired) electrons. The first-order chi connectivity index (χ1) is 14.9. The molecule has 0 spiro atoms. The molecule has 2 atom stereocenters. The molecule has 0 bridgehead atoms. The lowest BCUT2D eigenvalue weighted by Crippen LogP contribution is -2.48. The third kappa shape index (κ3) is 4.94. The zero-order valence-electron chi connectivity index (χ0n) is 18.2. The minimum atomic E-state index is -0.0856. The first-order valence-corrected chi connectivity index (χ1v) is 10.6. The molecule has 0 saturated carbocycles. The van der Waals surface area contributed by atoms with Crippen molar-refractivity contribution in [2.45, 2.75) is 45.9 Å². The molecule has 1 fully saturated rings. The van der Waals surface area contributed by atoms with Gasteiger partial charge in [0.2, 0.25) is 5.91 Å². The molecule has 1 saturated heterocycles. The number of aryl methyl sites for hydroxylation is 1. The van der Waals surface area contributed by atoms with Gasteiger partial charge >= 0.3 is 0 Å². The summed E-state index contributed by atoms with van der Waals surface area (Å²) in [7, 11) is 0. The monoisotopic (exact) mass is 420 g/mol. The molecule has 7 heteroatoms. The standard InChI is InChI=1S/C24H28N4O3/c1-16-5-4-10-27-15-21(26-23(16)27)11-22(29)25-12-19-6-8-20(9-7-19)24(30)28-13-17(2)31-18(3)14-28/h4-10,15,17-18H,11-14H2,1-3H3,(H,25,29). The summed E-state index contributed by atoms with van der Waals surface area (Å²) in [5, 5.41) is 2.93. The van der Waals surface area contributed by atoms with Crippen LogP contribution in [0.25, 0.3) is 5.65 Å². The van der Waals surface area contributed by atoms with E-state index in [1.807, 2.05) is 78.9 Å². The van der Waals surface area contributed by atoms with E-state index in [4.69, 9.17) is 4.74 Å². The number of aromatic nitrogens is 2. The van der Waals surface area contributed by atoms with E-state index in [2.05, 4.69) is 10.3 Å². The first kappa shape index (κ1) is 21.1. The van der Waals surface area contributed by atoms with Gasteiger partial charge in [0.05, 0.1) is 24.3 Å². The molecular weight excluding hydrogens is 392 g/mol. The summed E-state index contributed by atoms with van der Waals surface area (Å²) in [6, 6.07) is 11.4. The predicted octanol–water partition coefficient (Wildman–Crippen LogP) is 2.75. The van der Waals surface area contributed by atoms with E-state index >= 15 is 0 Å². The van der Waals surface area contributed by atoms with E-state index in [-0.39, 0.29) is 30.4 Å². The number of rotatable bonds is 5. The van der Waals surface area contributed by atoms with Gasteiger partial charge in [0.1, 0.15) is 5.65 Å². The quantitative estimate of drug-likeness (QED) is 0.689. The van der Waals surface area contributed by atoms with E-state index < -0.39 is 0 Å². The predicted molar refractivity (Wildman–Crippen MR) is 118 cm³/mol. The van der Waals surface area contributed by atoms with E-state index in [9.17, 15) is 9.59 Å². The van der Waals surface area contributed by atoms with Gasteiger partial charge in [-0.05, 0) is 50.1 Å². The molecule has 7 nitrogen and oxygen atoms in total. The molecule has 4 rings (SSSR count). The van der Waals surface area contributed by atoms with Crippen molar-refractivity contribution in [1.82, 2.24) is 19.6 Å². The van der Waals surface area contributed by atoms with Crippen molar-refractivity contribution >= 4 is 17.5 Å². The second kappa shape index (κ2) is 8.89. The molecule has 0 aliphatic carbocycles. The minimum Gasteiger partial charge on any atom is -0.372 e. The molecule has 2 amide bonds. The molecular formula is C24H28N4O3. The van der Waals surface area contributed by atoms with Crippen molar-refractivity contribution in [2.75, 3.05) is 13.1 Å². The Morgan fingerprint density at radius 3 is 2.52 bits per heavy atom. The Kier molecular flexibility index (Phi) is 6.04. The van der Waals surface area contributed by atoms with Gasteiger partial charge in [-0.15, -0.1) is 0 Å². The van der Waals surface area contributed by atoms with Crippen molar-refractivity contribution in [3.8, 4) is 0 Å². The highest BCUT2D eigenvalue weighted by Gasteiger charge is 2.26. The first-order valence-electron chi connectivity index (χ1n) is 10.6. The highest BCUT2D eigenvalue weighted by atomic mass is 16.5. The number of fused-ring (bicyclic) bond motifs is 1. The molecule has 31 heavy (non-hydrogen) atoms. The van der Waals surface area contributed by atoms with Gasteiger partial charge in [-0.25, -0.2) is 4.98 Å². The molecule has 162 valence electrons. The average molecular weight is 421 g/mol. The molecule has 1 N–H and O–H groups in total. The van der Waals surface area contributed by atoms with Gasteiger partial charge in [-0.3, -0.25) is 9.59 Å². The van der Waals surface area contributed by atoms with Crippen LogP contribution in [0.5, 0.6) is 0 Å². The van der Waals surface area contributed by atoms with E-state index in [1.165, 1.54) is 0 Å². The van der Waals surface area contributed by atoms with Gasteiger partial charge in [0.15, 0.2) is 0 Å². The van der Waals surface area contributed by atoms with Gasteiger partial charge in [0.25, 0.3) is 5.91 Å². The molecule has 1 aromatic carbocycles. The average Bonchev–Trinajstić information content (AvgIpc) is 3.15. The summed E-state index contributed by atoms with van der Waals surface area (Å²) >= 11 is 0. The fraction of sp³-hybridized carbons (Fsp3) is 0.375. The summed E-state index contributed by atoms with van der Waals surface area (Å²) in [5.74, 6) is -0.0720. The zero-order chi connectivity index (χ0) is 22.0.